The van der Waals surface area contributed by atoms with Crippen molar-refractivity contribution in [1.29, 1.82) is 0 Å². The zero-order valence-corrected chi connectivity index (χ0v) is 9.81. The lowest BCUT2D eigenvalue weighted by atomic mass is 10.1. The van der Waals surface area contributed by atoms with Crippen molar-refractivity contribution in [3.8, 4) is 5.75 Å². The first-order chi connectivity index (χ1) is 6.15. The van der Waals surface area contributed by atoms with Gasteiger partial charge in [0.15, 0.2) is 0 Å². The van der Waals surface area contributed by atoms with Gasteiger partial charge in [-0.1, -0.05) is 15.9 Å². The van der Waals surface area contributed by atoms with Crippen LogP contribution in [0.5, 0.6) is 5.75 Å². The van der Waals surface area contributed by atoms with E-state index in [0.29, 0.717) is 0 Å². The van der Waals surface area contributed by atoms with Crippen LogP contribution in [0.1, 0.15) is 18.0 Å². The van der Waals surface area contributed by atoms with E-state index in [2.05, 4.69) is 15.9 Å². The molecule has 80 valence electrons. The monoisotopic (exact) mass is 283 g/mol. The molecule has 0 unspecified atom stereocenters. The zero-order valence-electron chi connectivity index (χ0n) is 7.41. The molecule has 1 rings (SSSR count). The maximum absolute atomic E-state index is 12.0. The third kappa shape index (κ3) is 3.44. The van der Waals surface area contributed by atoms with Crippen molar-refractivity contribution in [3.05, 3.63) is 28.2 Å². The second-order valence-electron chi connectivity index (χ2n) is 2.79. The van der Waals surface area contributed by atoms with E-state index in [1.165, 1.54) is 0 Å². The Labute approximate surface area is 96.8 Å². The second-order valence-corrected chi connectivity index (χ2v) is 3.64. The summed E-state index contributed by atoms with van der Waals surface area (Å²) >= 11 is 3.29. The molecule has 0 amide bonds. The van der Waals surface area contributed by atoms with E-state index in [1.807, 2.05) is 0 Å². The number of rotatable bonds is 3. The third-order valence-corrected chi connectivity index (χ3v) is 2.52. The first-order valence-electron chi connectivity index (χ1n) is 3.95. The van der Waals surface area contributed by atoms with Crippen LogP contribution in [-0.2, 0) is 0 Å². The van der Waals surface area contributed by atoms with Crippen molar-refractivity contribution in [1.82, 2.24) is 0 Å². The van der Waals surface area contributed by atoms with E-state index in [0.717, 1.165) is 10.0 Å². The van der Waals surface area contributed by atoms with Crippen LogP contribution >= 0.6 is 28.3 Å². The lowest BCUT2D eigenvalue weighted by molar-refractivity contribution is 0.438. The van der Waals surface area contributed by atoms with Gasteiger partial charge in [0.05, 0.1) is 6.67 Å². The number of phenolic OH excluding ortho intramolecular Hbond substituents is 1. The highest BCUT2D eigenvalue weighted by Crippen LogP contribution is 2.27. The van der Waals surface area contributed by atoms with E-state index < -0.39 is 6.67 Å². The Hall–Kier alpha value is -0.320. The SMILES string of the molecule is Cl.N[C@H](CCF)c1cc(O)ccc1Br. The van der Waals surface area contributed by atoms with E-state index >= 15 is 0 Å². The zero-order chi connectivity index (χ0) is 9.84. The average Bonchev–Trinajstić information content (AvgIpc) is 2.09. The summed E-state index contributed by atoms with van der Waals surface area (Å²) in [6, 6.07) is 4.43. The van der Waals surface area contributed by atoms with Crippen molar-refractivity contribution < 1.29 is 9.50 Å². The Balaban J connectivity index is 0.00000169. The number of benzene rings is 1. The molecule has 1 aromatic carbocycles. The maximum atomic E-state index is 12.0. The number of aromatic hydroxyl groups is 1. The Kier molecular flexibility index (Phi) is 6.08. The molecular weight excluding hydrogens is 272 g/mol. The molecule has 0 spiro atoms. The van der Waals surface area contributed by atoms with Gasteiger partial charge in [0, 0.05) is 10.5 Å². The summed E-state index contributed by atoms with van der Waals surface area (Å²) in [5.41, 5.74) is 6.43. The minimum atomic E-state index is -0.455. The van der Waals surface area contributed by atoms with Crippen molar-refractivity contribution >= 4 is 28.3 Å². The van der Waals surface area contributed by atoms with Crippen molar-refractivity contribution in [2.75, 3.05) is 6.67 Å². The summed E-state index contributed by atoms with van der Waals surface area (Å²) < 4.78 is 12.8. The first kappa shape index (κ1) is 13.7. The summed E-state index contributed by atoms with van der Waals surface area (Å²) in [7, 11) is 0. The number of halogens is 3. The largest absolute Gasteiger partial charge is 0.508 e. The van der Waals surface area contributed by atoms with Crippen LogP contribution in [0.15, 0.2) is 22.7 Å². The Morgan fingerprint density at radius 2 is 2.14 bits per heavy atom. The molecule has 0 radical (unpaired) electrons. The average molecular weight is 285 g/mol. The van der Waals surface area contributed by atoms with Crippen molar-refractivity contribution in [2.24, 2.45) is 5.73 Å². The number of hydrogen-bond donors (Lipinski definition) is 2. The minimum absolute atomic E-state index is 0. The van der Waals surface area contributed by atoms with Crippen LogP contribution in [0.3, 0.4) is 0 Å². The molecule has 3 N–H and O–H groups in total. The molecule has 5 heteroatoms. The molecule has 0 heterocycles. The standard InChI is InChI=1S/C9H11BrFNO.ClH/c10-8-2-1-6(13)5-7(8)9(12)3-4-11;/h1-2,5,9,13H,3-4,12H2;1H/t9-;/m1./s1. The molecule has 2 nitrogen and oxygen atoms in total. The minimum Gasteiger partial charge on any atom is -0.508 e. The van der Waals surface area contributed by atoms with Gasteiger partial charge in [-0.2, -0.15) is 0 Å². The Morgan fingerprint density at radius 1 is 1.50 bits per heavy atom. The highest BCUT2D eigenvalue weighted by molar-refractivity contribution is 9.10. The molecule has 0 saturated carbocycles. The lowest BCUT2D eigenvalue weighted by Gasteiger charge is -2.12. The summed E-state index contributed by atoms with van der Waals surface area (Å²) in [6.45, 7) is -0.455. The number of phenols is 1. The quantitative estimate of drug-likeness (QED) is 0.896. The van der Waals surface area contributed by atoms with Gasteiger partial charge in [-0.05, 0) is 30.2 Å². The van der Waals surface area contributed by atoms with Gasteiger partial charge in [0.25, 0.3) is 0 Å². The Morgan fingerprint density at radius 3 is 2.71 bits per heavy atom. The number of alkyl halides is 1. The molecule has 0 aliphatic rings. The second kappa shape index (κ2) is 6.22. The van der Waals surface area contributed by atoms with Gasteiger partial charge in [-0.15, -0.1) is 12.4 Å². The van der Waals surface area contributed by atoms with Gasteiger partial charge >= 0.3 is 0 Å². The number of hydrogen-bond acceptors (Lipinski definition) is 2. The van der Waals surface area contributed by atoms with E-state index in [4.69, 9.17) is 5.73 Å². The van der Waals surface area contributed by atoms with Crippen LogP contribution in [0.4, 0.5) is 4.39 Å². The predicted octanol–water partition coefficient (Wildman–Crippen LogP) is 2.94. The topological polar surface area (TPSA) is 46.2 Å². The van der Waals surface area contributed by atoms with Gasteiger partial charge in [0.1, 0.15) is 5.75 Å². The van der Waals surface area contributed by atoms with Crippen LogP contribution in [0.2, 0.25) is 0 Å². The van der Waals surface area contributed by atoms with Crippen LogP contribution in [0.25, 0.3) is 0 Å². The predicted molar refractivity (Wildman–Crippen MR) is 60.6 cm³/mol. The molecule has 1 atom stereocenters. The smallest absolute Gasteiger partial charge is 0.115 e. The van der Waals surface area contributed by atoms with Gasteiger partial charge in [-0.25, -0.2) is 0 Å². The van der Waals surface area contributed by atoms with Gasteiger partial charge < -0.3 is 10.8 Å². The number of nitrogens with two attached hydrogens (primary N) is 1. The summed E-state index contributed by atoms with van der Waals surface area (Å²) in [6.07, 6.45) is 0.266. The van der Waals surface area contributed by atoms with Gasteiger partial charge in [-0.3, -0.25) is 4.39 Å². The summed E-state index contributed by atoms with van der Waals surface area (Å²) in [4.78, 5) is 0. The lowest BCUT2D eigenvalue weighted by Crippen LogP contribution is -2.11. The van der Waals surface area contributed by atoms with Crippen LogP contribution in [-0.4, -0.2) is 11.8 Å². The highest BCUT2D eigenvalue weighted by Gasteiger charge is 2.09. The van der Waals surface area contributed by atoms with Crippen molar-refractivity contribution in [3.63, 3.8) is 0 Å². The molecule has 0 aromatic heterocycles. The van der Waals surface area contributed by atoms with E-state index in [9.17, 15) is 9.50 Å². The molecule has 0 saturated heterocycles. The van der Waals surface area contributed by atoms with Crippen molar-refractivity contribution in [2.45, 2.75) is 12.5 Å². The molecule has 0 bridgehead atoms. The normalized spacial score (nSPS) is 11.9. The molecule has 14 heavy (non-hydrogen) atoms. The Bertz CT molecular complexity index is 298. The third-order valence-electron chi connectivity index (χ3n) is 1.80. The highest BCUT2D eigenvalue weighted by atomic mass is 79.9. The molecule has 0 aliphatic heterocycles. The fourth-order valence-electron chi connectivity index (χ4n) is 1.09. The molecule has 0 aliphatic carbocycles. The summed E-state index contributed by atoms with van der Waals surface area (Å²) in [5.74, 6) is 0.146. The molecule has 1 aromatic rings. The fourth-order valence-corrected chi connectivity index (χ4v) is 1.63. The van der Waals surface area contributed by atoms with E-state index in [-0.39, 0.29) is 30.6 Å². The maximum Gasteiger partial charge on any atom is 0.115 e. The molecular formula is C9H12BrClFNO. The molecule has 0 fully saturated rings. The van der Waals surface area contributed by atoms with Gasteiger partial charge in [0.2, 0.25) is 0 Å². The van der Waals surface area contributed by atoms with E-state index in [1.54, 1.807) is 18.2 Å². The fraction of sp³-hybridized carbons (Fsp3) is 0.333. The first-order valence-corrected chi connectivity index (χ1v) is 4.74. The van der Waals surface area contributed by atoms with Crippen LogP contribution < -0.4 is 5.73 Å². The summed E-state index contributed by atoms with van der Waals surface area (Å²) in [5, 5.41) is 9.18. The van der Waals surface area contributed by atoms with Crippen LogP contribution in [0, 0.1) is 0 Å².